The molecule has 0 amide bonds. The summed E-state index contributed by atoms with van der Waals surface area (Å²) in [6.45, 7) is 8.06. The van der Waals surface area contributed by atoms with Crippen LogP contribution in [0.5, 0.6) is 11.5 Å². The average Bonchev–Trinajstić information content (AvgIpc) is 3.51. The number of thiazole rings is 1. The molecule has 0 spiro atoms. The molecular formula is C26H25N3O4S2. The Balaban J connectivity index is 1.50. The summed E-state index contributed by atoms with van der Waals surface area (Å²) in [5.41, 5.74) is 2.63. The van der Waals surface area contributed by atoms with Gasteiger partial charge in [-0.05, 0) is 48.1 Å². The molecule has 4 heterocycles. The van der Waals surface area contributed by atoms with Gasteiger partial charge >= 0.3 is 5.97 Å². The summed E-state index contributed by atoms with van der Waals surface area (Å²) in [5.74, 6) is 0.332. The van der Waals surface area contributed by atoms with Crippen LogP contribution in [0.2, 0.25) is 0 Å². The van der Waals surface area contributed by atoms with Crippen LogP contribution >= 0.6 is 22.7 Å². The minimum absolute atomic E-state index is 0.100. The van der Waals surface area contributed by atoms with Gasteiger partial charge in [-0.1, -0.05) is 19.9 Å². The first kappa shape index (κ1) is 23.3. The molecule has 9 heteroatoms. The van der Waals surface area contributed by atoms with Crippen molar-refractivity contribution in [3.05, 3.63) is 58.4 Å². The number of pyridine rings is 1. The van der Waals surface area contributed by atoms with Crippen LogP contribution in [0, 0.1) is 5.92 Å². The predicted octanol–water partition coefficient (Wildman–Crippen LogP) is 7.08. The van der Waals surface area contributed by atoms with Crippen molar-refractivity contribution in [3.8, 4) is 33.2 Å². The van der Waals surface area contributed by atoms with E-state index in [4.69, 9.17) is 14.5 Å². The van der Waals surface area contributed by atoms with E-state index in [2.05, 4.69) is 24.1 Å². The lowest BCUT2D eigenvalue weighted by Gasteiger charge is -2.16. The molecule has 0 aliphatic carbocycles. The predicted molar refractivity (Wildman–Crippen MR) is 139 cm³/mol. The number of hydrogen-bond acceptors (Lipinski definition) is 8. The van der Waals surface area contributed by atoms with Crippen LogP contribution in [0.1, 0.15) is 42.9 Å². The molecule has 0 atom stereocenters. The Kier molecular flexibility index (Phi) is 5.98. The first-order chi connectivity index (χ1) is 16.7. The molecule has 5 rings (SSSR count). The second-order valence-corrected chi connectivity index (χ2v) is 11.2. The molecule has 0 unspecified atom stereocenters. The summed E-state index contributed by atoms with van der Waals surface area (Å²) in [4.78, 5) is 23.4. The summed E-state index contributed by atoms with van der Waals surface area (Å²) in [7, 11) is 0. The Hall–Kier alpha value is -3.43. The number of nitrogens with zero attached hydrogens (tertiary/aromatic N) is 2. The highest BCUT2D eigenvalue weighted by atomic mass is 32.1. The van der Waals surface area contributed by atoms with Crippen molar-refractivity contribution in [2.45, 2.75) is 39.9 Å². The monoisotopic (exact) mass is 507 g/mol. The van der Waals surface area contributed by atoms with Crippen molar-refractivity contribution in [1.82, 2.24) is 9.97 Å². The van der Waals surface area contributed by atoms with Crippen molar-refractivity contribution >= 4 is 39.6 Å². The van der Waals surface area contributed by atoms with Crippen LogP contribution in [0.3, 0.4) is 0 Å². The highest BCUT2D eigenvalue weighted by Gasteiger charge is 2.32. The zero-order valence-corrected chi connectivity index (χ0v) is 21.4. The summed E-state index contributed by atoms with van der Waals surface area (Å²) in [6, 6.07) is 11.3. The number of aromatic nitrogens is 2. The number of benzene rings is 1. The van der Waals surface area contributed by atoms with E-state index in [9.17, 15) is 9.90 Å². The molecule has 0 radical (unpaired) electrons. The summed E-state index contributed by atoms with van der Waals surface area (Å²) in [5, 5.41) is 15.5. The van der Waals surface area contributed by atoms with E-state index in [0.29, 0.717) is 22.5 Å². The number of rotatable bonds is 7. The van der Waals surface area contributed by atoms with Crippen molar-refractivity contribution in [3.63, 3.8) is 0 Å². The Morgan fingerprint density at radius 3 is 2.66 bits per heavy atom. The smallest absolute Gasteiger partial charge is 0.339 e. The number of carboxylic acids is 1. The fourth-order valence-electron chi connectivity index (χ4n) is 3.92. The Morgan fingerprint density at radius 2 is 1.94 bits per heavy atom. The zero-order valence-electron chi connectivity index (χ0n) is 19.8. The molecule has 1 aliphatic heterocycles. The van der Waals surface area contributed by atoms with Crippen LogP contribution in [-0.2, 0) is 6.42 Å². The number of anilines is 2. The number of thiophene rings is 1. The molecule has 7 nitrogen and oxygen atoms in total. The van der Waals surface area contributed by atoms with Crippen LogP contribution in [-0.4, -0.2) is 26.8 Å². The van der Waals surface area contributed by atoms with Gasteiger partial charge in [0.05, 0.1) is 5.69 Å². The molecule has 0 fully saturated rings. The summed E-state index contributed by atoms with van der Waals surface area (Å²) in [6.07, 6.45) is 2.52. The van der Waals surface area contributed by atoms with Gasteiger partial charge in [-0.15, -0.1) is 22.7 Å². The molecule has 2 N–H and O–H groups in total. The molecule has 0 saturated carbocycles. The van der Waals surface area contributed by atoms with E-state index in [-0.39, 0.29) is 11.4 Å². The quantitative estimate of drug-likeness (QED) is 0.276. The van der Waals surface area contributed by atoms with Gasteiger partial charge in [0, 0.05) is 40.9 Å². The summed E-state index contributed by atoms with van der Waals surface area (Å²) >= 11 is 3.05. The second kappa shape index (κ2) is 8.98. The molecule has 180 valence electrons. The molecular weight excluding hydrogens is 482 g/mol. The van der Waals surface area contributed by atoms with Gasteiger partial charge in [-0.3, -0.25) is 0 Å². The lowest BCUT2D eigenvalue weighted by Crippen LogP contribution is -2.29. The van der Waals surface area contributed by atoms with Crippen molar-refractivity contribution < 1.29 is 19.4 Å². The Morgan fingerprint density at radius 1 is 1.14 bits per heavy atom. The number of ether oxygens (including phenoxy) is 2. The Bertz CT molecular complexity index is 1390. The molecule has 0 saturated heterocycles. The van der Waals surface area contributed by atoms with Crippen molar-refractivity contribution in [1.29, 1.82) is 0 Å². The molecule has 1 aromatic carbocycles. The topological polar surface area (TPSA) is 93.6 Å². The molecule has 1 aliphatic rings. The van der Waals surface area contributed by atoms with Gasteiger partial charge in [-0.2, -0.15) is 0 Å². The normalized spacial score (nSPS) is 13.9. The highest BCUT2D eigenvalue weighted by molar-refractivity contribution is 7.16. The van der Waals surface area contributed by atoms with E-state index in [1.54, 1.807) is 23.6 Å². The minimum Gasteiger partial charge on any atom is -0.478 e. The molecule has 35 heavy (non-hydrogen) atoms. The molecule has 3 aromatic heterocycles. The van der Waals surface area contributed by atoms with Gasteiger partial charge in [0.1, 0.15) is 11.4 Å². The number of carboxylic acid groups (broad SMARTS) is 1. The van der Waals surface area contributed by atoms with Gasteiger partial charge < -0.3 is 19.9 Å². The van der Waals surface area contributed by atoms with E-state index in [1.165, 1.54) is 11.3 Å². The van der Waals surface area contributed by atoms with E-state index < -0.39 is 11.8 Å². The Labute approximate surface area is 211 Å². The maximum atomic E-state index is 12.0. The standard InChI is InChI=1S/C26H25N3O4S2/c1-14(2)10-21-22(15-7-8-18-19(12-15)33-26(3,4)32-18)28-25(35-21)29-23-17(24(30)31)11-16(13-27-23)20-6-5-9-34-20/h5-9,11-14H,10H2,1-4H3,(H,30,31)(H,27,28,29). The first-order valence-corrected chi connectivity index (χ1v) is 12.9. The van der Waals surface area contributed by atoms with Crippen molar-refractivity contribution in [2.75, 3.05) is 5.32 Å². The maximum absolute atomic E-state index is 12.0. The van der Waals surface area contributed by atoms with E-state index in [1.807, 2.05) is 49.6 Å². The largest absolute Gasteiger partial charge is 0.478 e. The fraction of sp³-hybridized carbons (Fsp3) is 0.269. The number of carbonyl (C=O) groups is 1. The highest BCUT2D eigenvalue weighted by Crippen LogP contribution is 2.43. The van der Waals surface area contributed by atoms with Crippen molar-refractivity contribution in [2.24, 2.45) is 5.92 Å². The average molecular weight is 508 g/mol. The molecule has 4 aromatic rings. The number of nitrogens with one attached hydrogen (secondary N) is 1. The first-order valence-electron chi connectivity index (χ1n) is 11.2. The van der Waals surface area contributed by atoms with E-state index >= 15 is 0 Å². The number of fused-ring (bicyclic) bond motifs is 1. The lowest BCUT2D eigenvalue weighted by molar-refractivity contribution is -0.0431. The second-order valence-electron chi connectivity index (χ2n) is 9.18. The van der Waals surface area contributed by atoms with Crippen LogP contribution in [0.4, 0.5) is 10.9 Å². The minimum atomic E-state index is -1.05. The lowest BCUT2D eigenvalue weighted by atomic mass is 10.0. The van der Waals surface area contributed by atoms with Crippen LogP contribution in [0.25, 0.3) is 21.7 Å². The SMILES string of the molecule is CC(C)Cc1sc(Nc2ncc(-c3cccs3)cc2C(=O)O)nc1-c1ccc2c(c1)OC(C)(C)O2. The van der Waals surface area contributed by atoms with Gasteiger partial charge in [0.25, 0.3) is 0 Å². The maximum Gasteiger partial charge on any atom is 0.339 e. The van der Waals surface area contributed by atoms with Gasteiger partial charge in [0.2, 0.25) is 5.79 Å². The third-order valence-corrected chi connectivity index (χ3v) is 7.28. The third kappa shape index (κ3) is 4.87. The van der Waals surface area contributed by atoms with Crippen LogP contribution in [0.15, 0.2) is 48.0 Å². The van der Waals surface area contributed by atoms with Crippen LogP contribution < -0.4 is 14.8 Å². The summed E-state index contributed by atoms with van der Waals surface area (Å²) < 4.78 is 11.7. The number of aromatic carboxylic acids is 1. The fourth-order valence-corrected chi connectivity index (χ4v) is 5.82. The van der Waals surface area contributed by atoms with E-state index in [0.717, 1.165) is 33.0 Å². The number of hydrogen-bond donors (Lipinski definition) is 2. The molecule has 0 bridgehead atoms. The zero-order chi connectivity index (χ0) is 24.7. The van der Waals surface area contributed by atoms with Gasteiger partial charge in [0.15, 0.2) is 16.6 Å². The van der Waals surface area contributed by atoms with Gasteiger partial charge in [-0.25, -0.2) is 14.8 Å². The third-order valence-electron chi connectivity index (χ3n) is 5.37.